The summed E-state index contributed by atoms with van der Waals surface area (Å²) in [4.78, 5) is 10.4. The number of rotatable bonds is 7. The molecule has 0 aliphatic rings. The Balaban J connectivity index is 0.00000514. The summed E-state index contributed by atoms with van der Waals surface area (Å²) in [6, 6.07) is 41.8. The number of aromatic nitrogens is 3. The van der Waals surface area contributed by atoms with Crippen molar-refractivity contribution in [3.8, 4) is 56.3 Å². The van der Waals surface area contributed by atoms with Gasteiger partial charge in [-0.15, -0.1) is 29.8 Å². The average Bonchev–Trinajstić information content (AvgIpc) is 3.53. The van der Waals surface area contributed by atoms with Crippen LogP contribution >= 0.6 is 0 Å². The van der Waals surface area contributed by atoms with E-state index in [2.05, 4.69) is 159 Å². The zero-order chi connectivity index (χ0) is 38.5. The van der Waals surface area contributed by atoms with E-state index >= 15 is 0 Å². The first-order valence-corrected chi connectivity index (χ1v) is 19.2. The second-order valence-electron chi connectivity index (χ2n) is 17.3. The molecule has 7 rings (SSSR count). The fraction of sp³-hybridized carbons (Fsp3) is 0.280. The molecule has 5 heteroatoms. The molecule has 7 aromatic rings. The van der Waals surface area contributed by atoms with Gasteiger partial charge in [0.1, 0.15) is 11.6 Å². The van der Waals surface area contributed by atoms with Gasteiger partial charge in [-0.3, -0.25) is 9.55 Å². The molecule has 0 fully saturated rings. The van der Waals surface area contributed by atoms with Crippen molar-refractivity contribution in [2.45, 2.75) is 91.9 Å². The normalized spacial score (nSPS) is 12.1. The second kappa shape index (κ2) is 15.4. The predicted molar refractivity (Wildman–Crippen MR) is 227 cm³/mol. The number of phenolic OH excluding ortho intramolecular Hbond substituents is 1. The van der Waals surface area contributed by atoms with Crippen molar-refractivity contribution in [3.05, 3.63) is 144 Å². The van der Waals surface area contributed by atoms with Crippen molar-refractivity contribution >= 4 is 11.0 Å². The van der Waals surface area contributed by atoms with Crippen LogP contribution in [0.1, 0.15) is 103 Å². The number of hydrogen-bond donors (Lipinski definition) is 1. The summed E-state index contributed by atoms with van der Waals surface area (Å²) in [5, 5.41) is 11.7. The number of hydrogen-bond acceptors (Lipinski definition) is 3. The van der Waals surface area contributed by atoms with Gasteiger partial charge in [0, 0.05) is 33.0 Å². The molecule has 2 heterocycles. The maximum Gasteiger partial charge on any atom is 0.148 e. The minimum atomic E-state index is -0.160. The number of imidazole rings is 1. The Bertz CT molecular complexity index is 2450. The Labute approximate surface area is 342 Å². The van der Waals surface area contributed by atoms with Gasteiger partial charge in [0.05, 0.1) is 22.3 Å². The number of phenols is 1. The van der Waals surface area contributed by atoms with Crippen molar-refractivity contribution in [2.75, 3.05) is 0 Å². The minimum absolute atomic E-state index is 0. The Morgan fingerprint density at radius 1 is 0.618 bits per heavy atom. The van der Waals surface area contributed by atoms with E-state index < -0.39 is 0 Å². The molecule has 0 atom stereocenters. The van der Waals surface area contributed by atoms with Gasteiger partial charge in [-0.1, -0.05) is 147 Å². The van der Waals surface area contributed by atoms with E-state index in [-0.39, 0.29) is 49.5 Å². The van der Waals surface area contributed by atoms with Gasteiger partial charge in [-0.25, -0.2) is 4.98 Å². The molecule has 1 N–H and O–H groups in total. The van der Waals surface area contributed by atoms with Gasteiger partial charge >= 0.3 is 0 Å². The maximum atomic E-state index is 11.7. The van der Waals surface area contributed by atoms with Gasteiger partial charge < -0.3 is 5.11 Å². The van der Waals surface area contributed by atoms with E-state index in [1.807, 2.05) is 30.5 Å². The molecule has 0 radical (unpaired) electrons. The first kappa shape index (κ1) is 39.9. The third-order valence-electron chi connectivity index (χ3n) is 10.5. The number of nitrogens with zero attached hydrogens (tertiary/aromatic N) is 3. The van der Waals surface area contributed by atoms with Gasteiger partial charge in [-0.05, 0) is 80.3 Å². The summed E-state index contributed by atoms with van der Waals surface area (Å²) in [6.45, 7) is 22.5. The molecule has 5 aromatic carbocycles. The molecule has 0 aliphatic heterocycles. The van der Waals surface area contributed by atoms with Gasteiger partial charge in [0.2, 0.25) is 0 Å². The monoisotopic (exact) mass is 905 g/mol. The van der Waals surface area contributed by atoms with Crippen LogP contribution < -0.4 is 0 Å². The average molecular weight is 906 g/mol. The SMILES string of the molecule is CC(C)c1cccc(C(C)C)c1-n1c(-c2cc(-c3ccccc3)ccc2O)nc2c(-c3[c-]c(-c4cc(C(C)(C)C)ccn4)ccc3)cc(C(C)(C)C)cc21.[Pt]. The zero-order valence-electron chi connectivity index (χ0n) is 33.7. The minimum Gasteiger partial charge on any atom is -0.507 e. The zero-order valence-corrected chi connectivity index (χ0v) is 36.0. The summed E-state index contributed by atoms with van der Waals surface area (Å²) in [5.41, 5.74) is 14.3. The topological polar surface area (TPSA) is 50.9 Å². The molecule has 0 bridgehead atoms. The van der Waals surface area contributed by atoms with Crippen LogP contribution in [0.4, 0.5) is 0 Å². The second-order valence-corrected chi connectivity index (χ2v) is 17.3. The van der Waals surface area contributed by atoms with E-state index in [0.29, 0.717) is 11.4 Å². The number of pyridine rings is 1. The van der Waals surface area contributed by atoms with E-state index in [0.717, 1.165) is 50.2 Å². The molecular formula is C50H52N3OPt-. The molecule has 0 unspecified atom stereocenters. The summed E-state index contributed by atoms with van der Waals surface area (Å²) < 4.78 is 2.33. The van der Waals surface area contributed by atoms with Crippen molar-refractivity contribution in [3.63, 3.8) is 0 Å². The largest absolute Gasteiger partial charge is 0.507 e. The smallest absolute Gasteiger partial charge is 0.148 e. The van der Waals surface area contributed by atoms with Crippen LogP contribution in [0.15, 0.2) is 115 Å². The van der Waals surface area contributed by atoms with Crippen LogP contribution in [-0.4, -0.2) is 19.6 Å². The van der Waals surface area contributed by atoms with Crippen LogP contribution in [0.3, 0.4) is 0 Å². The van der Waals surface area contributed by atoms with Crippen LogP contribution in [0.5, 0.6) is 5.75 Å². The Hall–Kier alpha value is -4.79. The number of para-hydroxylation sites is 1. The third-order valence-corrected chi connectivity index (χ3v) is 10.5. The van der Waals surface area contributed by atoms with Crippen LogP contribution in [0.2, 0.25) is 0 Å². The van der Waals surface area contributed by atoms with Crippen molar-refractivity contribution in [2.24, 2.45) is 0 Å². The third kappa shape index (κ3) is 7.85. The maximum absolute atomic E-state index is 11.7. The summed E-state index contributed by atoms with van der Waals surface area (Å²) >= 11 is 0. The van der Waals surface area contributed by atoms with Gasteiger partial charge in [0.25, 0.3) is 0 Å². The predicted octanol–water partition coefficient (Wildman–Crippen LogP) is 13.4. The van der Waals surface area contributed by atoms with E-state index in [9.17, 15) is 5.11 Å². The molecule has 0 saturated heterocycles. The van der Waals surface area contributed by atoms with Gasteiger partial charge in [-0.2, -0.15) is 0 Å². The molecule has 0 saturated carbocycles. The molecule has 4 nitrogen and oxygen atoms in total. The first-order valence-electron chi connectivity index (χ1n) is 19.2. The van der Waals surface area contributed by atoms with Gasteiger partial charge in [0.15, 0.2) is 0 Å². The molecular weight excluding hydrogens is 854 g/mol. The van der Waals surface area contributed by atoms with E-state index in [1.54, 1.807) is 6.07 Å². The molecule has 2 aromatic heterocycles. The molecule has 0 amide bonds. The number of fused-ring (bicyclic) bond motifs is 1. The Morgan fingerprint density at radius 2 is 1.25 bits per heavy atom. The summed E-state index contributed by atoms with van der Waals surface area (Å²) in [7, 11) is 0. The van der Waals surface area contributed by atoms with Crippen LogP contribution in [0, 0.1) is 6.07 Å². The van der Waals surface area contributed by atoms with Crippen molar-refractivity contribution in [1.29, 1.82) is 0 Å². The van der Waals surface area contributed by atoms with Crippen LogP contribution in [-0.2, 0) is 31.9 Å². The standard InChI is InChI=1S/C50H52N3O.Pt/c1-31(2)39-20-15-21-40(32(3)4)47(39)53-44-30-38(50(8,9)10)28-41(35-18-14-19-36(26-35)43-29-37(24-25-51-43)49(5,6)7)46(44)52-48(53)42-27-34(22-23-45(42)54)33-16-12-11-13-17-33;/h11-25,27-32,54H,1-10H3;/q-1;. The van der Waals surface area contributed by atoms with E-state index in [4.69, 9.17) is 9.97 Å². The van der Waals surface area contributed by atoms with Crippen molar-refractivity contribution < 1.29 is 26.2 Å². The molecule has 0 aliphatic carbocycles. The first-order chi connectivity index (χ1) is 25.6. The quantitative estimate of drug-likeness (QED) is 0.162. The summed E-state index contributed by atoms with van der Waals surface area (Å²) in [6.07, 6.45) is 1.90. The summed E-state index contributed by atoms with van der Waals surface area (Å²) in [5.74, 6) is 1.40. The number of benzene rings is 5. The number of aromatic hydroxyl groups is 1. The fourth-order valence-electron chi connectivity index (χ4n) is 7.34. The van der Waals surface area contributed by atoms with Crippen molar-refractivity contribution in [1.82, 2.24) is 14.5 Å². The molecule has 55 heavy (non-hydrogen) atoms. The van der Waals surface area contributed by atoms with Crippen LogP contribution in [0.25, 0.3) is 61.6 Å². The molecule has 284 valence electrons. The molecule has 0 spiro atoms. The Morgan fingerprint density at radius 3 is 1.89 bits per heavy atom. The fourth-order valence-corrected chi connectivity index (χ4v) is 7.34. The Kier molecular flexibility index (Phi) is 11.2. The van der Waals surface area contributed by atoms with E-state index in [1.165, 1.54) is 22.3 Å².